The Balaban J connectivity index is 2.06. The molecule has 2 heterocycles. The van der Waals surface area contributed by atoms with Gasteiger partial charge >= 0.3 is 0 Å². The molecule has 1 saturated heterocycles. The van der Waals surface area contributed by atoms with Gasteiger partial charge in [-0.15, -0.1) is 0 Å². The number of hydrogen-bond donors (Lipinski definition) is 2. The van der Waals surface area contributed by atoms with Crippen LogP contribution in [0.4, 0.5) is 5.82 Å². The zero-order valence-electron chi connectivity index (χ0n) is 11.1. The first-order valence-electron chi connectivity index (χ1n) is 6.45. The maximum absolute atomic E-state index is 9.16. The molecule has 0 aromatic carbocycles. The van der Waals surface area contributed by atoms with E-state index in [9.17, 15) is 0 Å². The smallest absolute Gasteiger partial charge is 0.144 e. The van der Waals surface area contributed by atoms with Crippen molar-refractivity contribution in [1.82, 2.24) is 10.3 Å². The van der Waals surface area contributed by atoms with E-state index in [1.165, 1.54) is 12.8 Å². The molecule has 2 rings (SSSR count). The van der Waals surface area contributed by atoms with Crippen LogP contribution in [0.3, 0.4) is 0 Å². The van der Waals surface area contributed by atoms with Crippen molar-refractivity contribution >= 4 is 5.82 Å². The number of hydrogen-bond acceptors (Lipinski definition) is 4. The Morgan fingerprint density at radius 3 is 3.11 bits per heavy atom. The summed E-state index contributed by atoms with van der Waals surface area (Å²) in [4.78, 5) is 4.27. The van der Waals surface area contributed by atoms with Gasteiger partial charge < -0.3 is 10.6 Å². The van der Waals surface area contributed by atoms with Crippen LogP contribution >= 0.6 is 0 Å². The van der Waals surface area contributed by atoms with E-state index in [1.54, 1.807) is 6.20 Å². The van der Waals surface area contributed by atoms with Gasteiger partial charge in [0.05, 0.1) is 5.56 Å². The summed E-state index contributed by atoms with van der Waals surface area (Å²) in [6.07, 6.45) is 4.17. The highest BCUT2D eigenvalue weighted by atomic mass is 15.0. The Labute approximate surface area is 108 Å². The first-order chi connectivity index (χ1) is 8.64. The number of aryl methyl sites for hydroxylation is 1. The Kier molecular flexibility index (Phi) is 3.83. The number of piperidine rings is 1. The van der Waals surface area contributed by atoms with Gasteiger partial charge in [-0.2, -0.15) is 5.26 Å². The molecule has 1 fully saturated rings. The zero-order valence-corrected chi connectivity index (χ0v) is 11.1. The third kappa shape index (κ3) is 2.80. The SMILES string of the molecule is Cc1ccnc(NCC2(C)CCCNC2)c1C#N. The predicted octanol–water partition coefficient (Wildman–Crippen LogP) is 2.06. The van der Waals surface area contributed by atoms with Crippen LogP contribution in [-0.2, 0) is 0 Å². The molecule has 1 atom stereocenters. The molecule has 0 aliphatic carbocycles. The normalized spacial score (nSPS) is 23.4. The molecule has 2 N–H and O–H groups in total. The van der Waals surface area contributed by atoms with Crippen molar-refractivity contribution in [2.45, 2.75) is 26.7 Å². The van der Waals surface area contributed by atoms with Gasteiger partial charge in [0, 0.05) is 19.3 Å². The molecule has 96 valence electrons. The molecule has 0 bridgehead atoms. The molecule has 1 aromatic rings. The van der Waals surface area contributed by atoms with E-state index in [0.717, 1.165) is 25.2 Å². The molecule has 0 saturated carbocycles. The number of nitrogens with one attached hydrogen (secondary N) is 2. The fourth-order valence-corrected chi connectivity index (χ4v) is 2.40. The Morgan fingerprint density at radius 2 is 2.44 bits per heavy atom. The number of nitriles is 1. The van der Waals surface area contributed by atoms with Crippen LogP contribution < -0.4 is 10.6 Å². The standard InChI is InChI=1S/C14H20N4/c1-11-4-7-17-13(12(11)8-15)18-10-14(2)5-3-6-16-9-14/h4,7,16H,3,5-6,9-10H2,1-2H3,(H,17,18). The van der Waals surface area contributed by atoms with E-state index in [-0.39, 0.29) is 5.41 Å². The van der Waals surface area contributed by atoms with Crippen molar-refractivity contribution in [3.05, 3.63) is 23.4 Å². The van der Waals surface area contributed by atoms with Crippen LogP contribution in [0.15, 0.2) is 12.3 Å². The Morgan fingerprint density at radius 1 is 1.61 bits per heavy atom. The minimum absolute atomic E-state index is 0.246. The molecule has 4 heteroatoms. The molecule has 1 aliphatic heterocycles. The van der Waals surface area contributed by atoms with Crippen molar-refractivity contribution in [2.24, 2.45) is 5.41 Å². The minimum Gasteiger partial charge on any atom is -0.368 e. The fraction of sp³-hybridized carbons (Fsp3) is 0.571. The van der Waals surface area contributed by atoms with Crippen LogP contribution in [-0.4, -0.2) is 24.6 Å². The van der Waals surface area contributed by atoms with Gasteiger partial charge in [-0.05, 0) is 43.4 Å². The van der Waals surface area contributed by atoms with Crippen molar-refractivity contribution in [1.29, 1.82) is 5.26 Å². The maximum atomic E-state index is 9.16. The molecule has 18 heavy (non-hydrogen) atoms. The average Bonchev–Trinajstić information content (AvgIpc) is 2.37. The Hall–Kier alpha value is -1.60. The van der Waals surface area contributed by atoms with Gasteiger partial charge in [0.1, 0.15) is 11.9 Å². The summed E-state index contributed by atoms with van der Waals surface area (Å²) in [6, 6.07) is 4.09. The van der Waals surface area contributed by atoms with E-state index in [4.69, 9.17) is 5.26 Å². The van der Waals surface area contributed by atoms with Crippen LogP contribution in [0.25, 0.3) is 0 Å². The maximum Gasteiger partial charge on any atom is 0.144 e. The molecular formula is C14H20N4. The molecular weight excluding hydrogens is 224 g/mol. The summed E-state index contributed by atoms with van der Waals surface area (Å²) >= 11 is 0. The van der Waals surface area contributed by atoms with Crippen molar-refractivity contribution < 1.29 is 0 Å². The topological polar surface area (TPSA) is 60.7 Å². The fourth-order valence-electron chi connectivity index (χ4n) is 2.40. The van der Waals surface area contributed by atoms with E-state index in [0.29, 0.717) is 11.4 Å². The second kappa shape index (κ2) is 5.36. The van der Waals surface area contributed by atoms with Crippen LogP contribution in [0.1, 0.15) is 30.9 Å². The largest absolute Gasteiger partial charge is 0.368 e. The van der Waals surface area contributed by atoms with E-state index in [1.807, 2.05) is 13.0 Å². The molecule has 0 spiro atoms. The lowest BCUT2D eigenvalue weighted by Crippen LogP contribution is -2.42. The van der Waals surface area contributed by atoms with Gasteiger partial charge in [-0.1, -0.05) is 6.92 Å². The third-order valence-corrected chi connectivity index (χ3v) is 3.64. The highest BCUT2D eigenvalue weighted by Crippen LogP contribution is 2.26. The summed E-state index contributed by atoms with van der Waals surface area (Å²) in [5, 5.41) is 15.9. The van der Waals surface area contributed by atoms with Crippen molar-refractivity contribution in [3.8, 4) is 6.07 Å². The van der Waals surface area contributed by atoms with Gasteiger partial charge in [-0.25, -0.2) is 4.98 Å². The van der Waals surface area contributed by atoms with E-state index >= 15 is 0 Å². The number of rotatable bonds is 3. The molecule has 1 unspecified atom stereocenters. The summed E-state index contributed by atoms with van der Waals surface area (Å²) in [5.41, 5.74) is 1.88. The highest BCUT2D eigenvalue weighted by Gasteiger charge is 2.26. The van der Waals surface area contributed by atoms with E-state index < -0.39 is 0 Å². The molecule has 1 aliphatic rings. The van der Waals surface area contributed by atoms with Crippen LogP contribution in [0, 0.1) is 23.7 Å². The average molecular weight is 244 g/mol. The molecule has 0 amide bonds. The zero-order chi connectivity index (χ0) is 13.0. The Bertz CT molecular complexity index is 455. The summed E-state index contributed by atoms with van der Waals surface area (Å²) < 4.78 is 0. The van der Waals surface area contributed by atoms with Crippen LogP contribution in [0.5, 0.6) is 0 Å². The summed E-state index contributed by atoms with van der Waals surface area (Å²) in [7, 11) is 0. The number of pyridine rings is 1. The lowest BCUT2D eigenvalue weighted by atomic mass is 9.83. The summed E-state index contributed by atoms with van der Waals surface area (Å²) in [6.45, 7) is 7.20. The van der Waals surface area contributed by atoms with E-state index in [2.05, 4.69) is 28.6 Å². The van der Waals surface area contributed by atoms with Gasteiger partial charge in [0.2, 0.25) is 0 Å². The lowest BCUT2D eigenvalue weighted by molar-refractivity contribution is 0.253. The van der Waals surface area contributed by atoms with Gasteiger partial charge in [0.15, 0.2) is 0 Å². The predicted molar refractivity (Wildman–Crippen MR) is 72.4 cm³/mol. The van der Waals surface area contributed by atoms with Crippen LogP contribution in [0.2, 0.25) is 0 Å². The number of anilines is 1. The molecule has 0 radical (unpaired) electrons. The highest BCUT2D eigenvalue weighted by molar-refractivity contribution is 5.55. The van der Waals surface area contributed by atoms with Gasteiger partial charge in [-0.3, -0.25) is 0 Å². The first kappa shape index (κ1) is 12.8. The lowest BCUT2D eigenvalue weighted by Gasteiger charge is -2.34. The minimum atomic E-state index is 0.246. The number of aromatic nitrogens is 1. The third-order valence-electron chi connectivity index (χ3n) is 3.64. The quantitative estimate of drug-likeness (QED) is 0.854. The monoisotopic (exact) mass is 244 g/mol. The first-order valence-corrected chi connectivity index (χ1v) is 6.45. The summed E-state index contributed by atoms with van der Waals surface area (Å²) in [5.74, 6) is 0.712. The van der Waals surface area contributed by atoms with Crippen molar-refractivity contribution in [2.75, 3.05) is 25.0 Å². The number of nitrogens with zero attached hydrogens (tertiary/aromatic N) is 2. The molecule has 4 nitrogen and oxygen atoms in total. The second-order valence-corrected chi connectivity index (χ2v) is 5.41. The van der Waals surface area contributed by atoms with Crippen molar-refractivity contribution in [3.63, 3.8) is 0 Å². The molecule has 1 aromatic heterocycles. The van der Waals surface area contributed by atoms with Gasteiger partial charge in [0.25, 0.3) is 0 Å². The second-order valence-electron chi connectivity index (χ2n) is 5.41.